The lowest BCUT2D eigenvalue weighted by atomic mass is 10.1. The molecule has 1 amide bonds. The maximum absolute atomic E-state index is 12.7. The highest BCUT2D eigenvalue weighted by molar-refractivity contribution is 5.82. The molecule has 0 spiro atoms. The van der Waals surface area contributed by atoms with Crippen molar-refractivity contribution in [3.8, 4) is 0 Å². The molecule has 0 aliphatic heterocycles. The number of hydrogen-bond donors (Lipinski definition) is 1. The molecule has 5 heteroatoms. The van der Waals surface area contributed by atoms with E-state index in [0.717, 1.165) is 18.4 Å². The normalized spacial score (nSPS) is 14.2. The molecule has 1 aliphatic rings. The van der Waals surface area contributed by atoms with Gasteiger partial charge in [0.1, 0.15) is 12.4 Å². The number of carboxylic acids is 1. The minimum atomic E-state index is -0.984. The van der Waals surface area contributed by atoms with E-state index in [1.807, 2.05) is 0 Å². The second kappa shape index (κ2) is 5.82. The molecule has 0 radical (unpaired) electrons. The average molecular weight is 265 g/mol. The van der Waals surface area contributed by atoms with Gasteiger partial charge in [0.05, 0.1) is 0 Å². The number of benzene rings is 1. The quantitative estimate of drug-likeness (QED) is 0.853. The predicted octanol–water partition coefficient (Wildman–Crippen LogP) is 1.83. The highest BCUT2D eigenvalue weighted by Crippen LogP contribution is 2.27. The number of carbonyl (C=O) groups is 2. The Morgan fingerprint density at radius 2 is 1.89 bits per heavy atom. The van der Waals surface area contributed by atoms with Gasteiger partial charge in [-0.1, -0.05) is 12.1 Å². The number of nitrogens with zero attached hydrogens (tertiary/aromatic N) is 1. The van der Waals surface area contributed by atoms with Gasteiger partial charge in [0.25, 0.3) is 0 Å². The number of rotatable bonds is 6. The molecule has 0 bridgehead atoms. The van der Waals surface area contributed by atoms with Crippen LogP contribution in [0.4, 0.5) is 4.39 Å². The second-order valence-electron chi connectivity index (χ2n) is 4.77. The molecule has 4 nitrogen and oxygen atoms in total. The van der Waals surface area contributed by atoms with Crippen molar-refractivity contribution in [2.75, 3.05) is 6.54 Å². The van der Waals surface area contributed by atoms with Gasteiger partial charge in [-0.2, -0.15) is 0 Å². The molecule has 2 rings (SSSR count). The predicted molar refractivity (Wildman–Crippen MR) is 67.1 cm³/mol. The monoisotopic (exact) mass is 265 g/mol. The van der Waals surface area contributed by atoms with E-state index >= 15 is 0 Å². The summed E-state index contributed by atoms with van der Waals surface area (Å²) >= 11 is 0. The molecule has 0 saturated heterocycles. The first-order valence-electron chi connectivity index (χ1n) is 6.32. The molecular formula is C14H16FNO3. The zero-order chi connectivity index (χ0) is 13.8. The minimum absolute atomic E-state index is 0.0943. The van der Waals surface area contributed by atoms with Crippen LogP contribution in [0.2, 0.25) is 0 Å². The topological polar surface area (TPSA) is 57.6 Å². The van der Waals surface area contributed by atoms with Crippen LogP contribution in [0.1, 0.15) is 24.8 Å². The lowest BCUT2D eigenvalue weighted by molar-refractivity contribution is -0.144. The number of halogens is 1. The van der Waals surface area contributed by atoms with E-state index in [4.69, 9.17) is 5.11 Å². The summed E-state index contributed by atoms with van der Waals surface area (Å²) in [5.41, 5.74) is 0.876. The van der Waals surface area contributed by atoms with Gasteiger partial charge < -0.3 is 10.0 Å². The molecule has 1 saturated carbocycles. The fourth-order valence-corrected chi connectivity index (χ4v) is 2.00. The molecule has 1 aliphatic carbocycles. The Balaban J connectivity index is 1.88. The minimum Gasteiger partial charge on any atom is -0.480 e. The van der Waals surface area contributed by atoms with E-state index < -0.39 is 5.97 Å². The van der Waals surface area contributed by atoms with Gasteiger partial charge >= 0.3 is 5.97 Å². The fraction of sp³-hybridized carbons (Fsp3) is 0.429. The van der Waals surface area contributed by atoms with Crippen LogP contribution in [0, 0.1) is 5.82 Å². The molecule has 102 valence electrons. The van der Waals surface area contributed by atoms with Crippen LogP contribution < -0.4 is 0 Å². The van der Waals surface area contributed by atoms with Gasteiger partial charge in [0, 0.05) is 12.5 Å². The molecule has 1 aromatic rings. The number of aryl methyl sites for hydroxylation is 1. The zero-order valence-electron chi connectivity index (χ0n) is 10.5. The van der Waals surface area contributed by atoms with Crippen molar-refractivity contribution in [2.24, 2.45) is 0 Å². The summed E-state index contributed by atoms with van der Waals surface area (Å²) in [6.45, 7) is -0.229. The maximum Gasteiger partial charge on any atom is 0.323 e. The van der Waals surface area contributed by atoms with Crippen LogP contribution in [0.5, 0.6) is 0 Å². The molecule has 1 aromatic carbocycles. The Kier molecular flexibility index (Phi) is 4.14. The first kappa shape index (κ1) is 13.5. The summed E-state index contributed by atoms with van der Waals surface area (Å²) in [4.78, 5) is 24.1. The third kappa shape index (κ3) is 4.05. The molecule has 1 fully saturated rings. The largest absolute Gasteiger partial charge is 0.480 e. The third-order valence-electron chi connectivity index (χ3n) is 3.15. The van der Waals surface area contributed by atoms with Crippen LogP contribution in [-0.4, -0.2) is 34.5 Å². The summed E-state index contributed by atoms with van der Waals surface area (Å²) in [5.74, 6) is -1.43. The molecule has 1 N–H and O–H groups in total. The Bertz CT molecular complexity index is 468. The van der Waals surface area contributed by atoms with Gasteiger partial charge in [0.15, 0.2) is 0 Å². The van der Waals surface area contributed by atoms with Crippen LogP contribution in [-0.2, 0) is 16.0 Å². The lowest BCUT2D eigenvalue weighted by Gasteiger charge is -2.20. The molecule has 0 atom stereocenters. The molecule has 0 unspecified atom stereocenters. The number of hydrogen-bond acceptors (Lipinski definition) is 2. The van der Waals surface area contributed by atoms with E-state index in [2.05, 4.69) is 0 Å². The summed E-state index contributed by atoms with van der Waals surface area (Å²) in [7, 11) is 0. The third-order valence-corrected chi connectivity index (χ3v) is 3.15. The first-order chi connectivity index (χ1) is 9.06. The van der Waals surface area contributed by atoms with Crippen molar-refractivity contribution >= 4 is 11.9 Å². The Labute approximate surface area is 110 Å². The highest BCUT2D eigenvalue weighted by atomic mass is 19.1. The van der Waals surface area contributed by atoms with Crippen LogP contribution >= 0.6 is 0 Å². The van der Waals surface area contributed by atoms with E-state index in [0.29, 0.717) is 6.42 Å². The van der Waals surface area contributed by atoms with Crippen LogP contribution in [0.3, 0.4) is 0 Å². The first-order valence-corrected chi connectivity index (χ1v) is 6.32. The molecular weight excluding hydrogens is 249 g/mol. The molecule has 0 heterocycles. The second-order valence-corrected chi connectivity index (χ2v) is 4.77. The summed E-state index contributed by atoms with van der Waals surface area (Å²) in [6.07, 6.45) is 2.53. The number of amides is 1. The smallest absolute Gasteiger partial charge is 0.323 e. The van der Waals surface area contributed by atoms with Crippen molar-refractivity contribution < 1.29 is 19.1 Å². The zero-order valence-corrected chi connectivity index (χ0v) is 10.5. The standard InChI is InChI=1S/C14H16FNO3/c15-11-4-1-10(2-5-11)3-8-13(17)16(9-14(18)19)12-6-7-12/h1-2,4-5,12H,3,6-9H2,(H,18,19). The SMILES string of the molecule is O=C(O)CN(C(=O)CCc1ccc(F)cc1)C1CC1. The average Bonchev–Trinajstić information content (AvgIpc) is 3.19. The molecule has 0 aromatic heterocycles. The summed E-state index contributed by atoms with van der Waals surface area (Å²) in [6, 6.07) is 6.09. The Morgan fingerprint density at radius 3 is 2.42 bits per heavy atom. The van der Waals surface area contributed by atoms with Crippen LogP contribution in [0.15, 0.2) is 24.3 Å². The number of carbonyl (C=O) groups excluding carboxylic acids is 1. The number of aliphatic carboxylic acids is 1. The van der Waals surface area contributed by atoms with E-state index in [1.54, 1.807) is 12.1 Å². The van der Waals surface area contributed by atoms with Gasteiger partial charge in [-0.3, -0.25) is 9.59 Å². The highest BCUT2D eigenvalue weighted by Gasteiger charge is 2.33. The maximum atomic E-state index is 12.7. The van der Waals surface area contributed by atoms with Crippen molar-refractivity contribution in [1.82, 2.24) is 4.90 Å². The summed E-state index contributed by atoms with van der Waals surface area (Å²) < 4.78 is 12.7. The summed E-state index contributed by atoms with van der Waals surface area (Å²) in [5, 5.41) is 8.79. The number of carboxylic acid groups (broad SMARTS) is 1. The van der Waals surface area contributed by atoms with Crippen molar-refractivity contribution in [1.29, 1.82) is 0 Å². The van der Waals surface area contributed by atoms with Crippen molar-refractivity contribution in [3.05, 3.63) is 35.6 Å². The Morgan fingerprint density at radius 1 is 1.26 bits per heavy atom. The van der Waals surface area contributed by atoms with Gasteiger partial charge in [-0.15, -0.1) is 0 Å². The van der Waals surface area contributed by atoms with Crippen molar-refractivity contribution in [3.63, 3.8) is 0 Å². The van der Waals surface area contributed by atoms with E-state index in [-0.39, 0.29) is 30.7 Å². The van der Waals surface area contributed by atoms with E-state index in [9.17, 15) is 14.0 Å². The fourth-order valence-electron chi connectivity index (χ4n) is 2.00. The molecule has 19 heavy (non-hydrogen) atoms. The van der Waals surface area contributed by atoms with Gasteiger partial charge in [-0.05, 0) is 37.0 Å². The van der Waals surface area contributed by atoms with E-state index in [1.165, 1.54) is 17.0 Å². The van der Waals surface area contributed by atoms with Crippen molar-refractivity contribution in [2.45, 2.75) is 31.7 Å². The van der Waals surface area contributed by atoms with Gasteiger partial charge in [-0.25, -0.2) is 4.39 Å². The van der Waals surface area contributed by atoms with Crippen LogP contribution in [0.25, 0.3) is 0 Å². The van der Waals surface area contributed by atoms with Gasteiger partial charge in [0.2, 0.25) is 5.91 Å². The Hall–Kier alpha value is -1.91. The lowest BCUT2D eigenvalue weighted by Crippen LogP contribution is -2.37.